The maximum atomic E-state index is 12.6. The minimum atomic E-state index is -0.214. The van der Waals surface area contributed by atoms with E-state index in [1.54, 1.807) is 18.1 Å². The molecule has 0 aliphatic carbocycles. The van der Waals surface area contributed by atoms with Gasteiger partial charge in [-0.1, -0.05) is 6.42 Å². The molecule has 0 spiro atoms. The highest BCUT2D eigenvalue weighted by Gasteiger charge is 2.22. The number of aromatic nitrogens is 2. The molecule has 0 radical (unpaired) electrons. The van der Waals surface area contributed by atoms with Crippen LogP contribution in [0, 0.1) is 0 Å². The fraction of sp³-hybridized carbons (Fsp3) is 0.577. The van der Waals surface area contributed by atoms with E-state index in [0.29, 0.717) is 18.1 Å². The lowest BCUT2D eigenvalue weighted by Gasteiger charge is -2.32. The molecule has 0 atom stereocenters. The Morgan fingerprint density at radius 1 is 1.11 bits per heavy atom. The normalized spacial score (nSPS) is 18.0. The summed E-state index contributed by atoms with van der Waals surface area (Å²) < 4.78 is 6.14. The van der Waals surface area contributed by atoms with Crippen molar-refractivity contribution in [2.24, 2.45) is 0 Å². The van der Waals surface area contributed by atoms with Gasteiger partial charge in [-0.2, -0.15) is 4.98 Å². The number of aliphatic hydroxyl groups is 1. The van der Waals surface area contributed by atoms with Gasteiger partial charge in [0.1, 0.15) is 11.4 Å². The van der Waals surface area contributed by atoms with E-state index in [4.69, 9.17) is 9.72 Å². The number of rotatable bonds is 5. The second-order valence-electron chi connectivity index (χ2n) is 9.78. The molecule has 1 saturated heterocycles. The van der Waals surface area contributed by atoms with E-state index in [1.165, 1.54) is 0 Å². The number of benzene rings is 1. The Morgan fingerprint density at radius 2 is 1.89 bits per heavy atom. The van der Waals surface area contributed by atoms with Gasteiger partial charge in [-0.15, -0.1) is 0 Å². The van der Waals surface area contributed by atoms with Crippen LogP contribution in [0.1, 0.15) is 52.4 Å². The van der Waals surface area contributed by atoms with E-state index in [1.807, 2.05) is 33.0 Å². The van der Waals surface area contributed by atoms with Crippen molar-refractivity contribution in [3.8, 4) is 5.75 Å². The fourth-order valence-corrected chi connectivity index (χ4v) is 4.56. The predicted molar refractivity (Wildman–Crippen MR) is 140 cm³/mol. The van der Waals surface area contributed by atoms with E-state index in [9.17, 15) is 9.90 Å². The van der Waals surface area contributed by atoms with Gasteiger partial charge in [0.2, 0.25) is 11.9 Å². The van der Waals surface area contributed by atoms with Gasteiger partial charge in [0, 0.05) is 51.9 Å². The molecule has 0 unspecified atom stereocenters. The summed E-state index contributed by atoms with van der Waals surface area (Å²) in [5.74, 6) is 2.00. The first kappa shape index (κ1) is 25.0. The maximum Gasteiger partial charge on any atom is 0.229 e. The summed E-state index contributed by atoms with van der Waals surface area (Å²) in [4.78, 5) is 28.0. The number of aliphatic hydroxyl groups excluding tert-OH is 1. The first-order chi connectivity index (χ1) is 16.8. The molecule has 190 valence electrons. The lowest BCUT2D eigenvalue weighted by Crippen LogP contribution is -2.35. The molecule has 4 rings (SSSR count). The molecule has 1 amide bonds. The second kappa shape index (κ2) is 11.1. The van der Waals surface area contributed by atoms with Gasteiger partial charge in [-0.25, -0.2) is 4.98 Å². The van der Waals surface area contributed by atoms with Gasteiger partial charge < -0.3 is 29.9 Å². The van der Waals surface area contributed by atoms with Gasteiger partial charge in [0.05, 0.1) is 24.1 Å². The number of hydrogen-bond acceptors (Lipinski definition) is 8. The third kappa shape index (κ3) is 6.14. The zero-order chi connectivity index (χ0) is 24.9. The molecule has 0 saturated carbocycles. The molecule has 35 heavy (non-hydrogen) atoms. The van der Waals surface area contributed by atoms with Crippen molar-refractivity contribution >= 4 is 34.7 Å². The molecule has 1 fully saturated rings. The Balaban J connectivity index is 1.62. The number of hydrogen-bond donors (Lipinski definition) is 2. The topological polar surface area (TPSA) is 94.1 Å². The highest BCUT2D eigenvalue weighted by Crippen LogP contribution is 2.35. The number of amides is 1. The molecule has 9 nitrogen and oxygen atoms in total. The Kier molecular flexibility index (Phi) is 7.95. The zero-order valence-corrected chi connectivity index (χ0v) is 21.3. The predicted octanol–water partition coefficient (Wildman–Crippen LogP) is 3.94. The van der Waals surface area contributed by atoms with Crippen molar-refractivity contribution in [2.45, 2.75) is 64.6 Å². The molecule has 3 heterocycles. The number of ether oxygens (including phenoxy) is 1. The summed E-state index contributed by atoms with van der Waals surface area (Å²) in [6.07, 6.45) is 6.53. The van der Waals surface area contributed by atoms with Crippen LogP contribution in [0.3, 0.4) is 0 Å². The SMILES string of the molecule is CC(C)Oc1cc(N2CCC(O)CC2)ccc1Nc1ncc2c(n1)N(C)CCCCCC(=O)N2C. The molecule has 2 aliphatic rings. The van der Waals surface area contributed by atoms with Crippen molar-refractivity contribution in [3.05, 3.63) is 24.4 Å². The first-order valence-corrected chi connectivity index (χ1v) is 12.7. The van der Waals surface area contributed by atoms with E-state index in [2.05, 4.69) is 26.2 Å². The lowest BCUT2D eigenvalue weighted by atomic mass is 10.1. The fourth-order valence-electron chi connectivity index (χ4n) is 4.56. The monoisotopic (exact) mass is 482 g/mol. The highest BCUT2D eigenvalue weighted by atomic mass is 16.5. The van der Waals surface area contributed by atoms with Gasteiger partial charge in [-0.05, 0) is 51.7 Å². The summed E-state index contributed by atoms with van der Waals surface area (Å²) in [5, 5.41) is 13.2. The van der Waals surface area contributed by atoms with Crippen LogP contribution in [0.4, 0.5) is 28.8 Å². The summed E-state index contributed by atoms with van der Waals surface area (Å²) in [6, 6.07) is 6.10. The number of piperidine rings is 1. The number of carbonyl (C=O) groups excluding carboxylic acids is 1. The Labute approximate surface area is 208 Å². The molecule has 2 aliphatic heterocycles. The molecular weight excluding hydrogens is 444 g/mol. The van der Waals surface area contributed by atoms with Crippen LogP contribution in [0.15, 0.2) is 24.4 Å². The molecular formula is C26H38N6O3. The third-order valence-corrected chi connectivity index (χ3v) is 6.64. The van der Waals surface area contributed by atoms with Crippen LogP contribution >= 0.6 is 0 Å². The van der Waals surface area contributed by atoms with Gasteiger partial charge in [-0.3, -0.25) is 4.79 Å². The van der Waals surface area contributed by atoms with Crippen molar-refractivity contribution < 1.29 is 14.6 Å². The standard InChI is InChI=1S/C26H38N6O3/c1-18(2)35-23-16-19(32-14-11-20(33)12-15-32)9-10-21(23)28-26-27-17-22-25(29-26)30(3)13-7-5-6-8-24(34)31(22)4/h9-10,16-18,20,33H,5-8,11-15H2,1-4H3,(H,27,28,29). The Hall–Kier alpha value is -3.07. The van der Waals surface area contributed by atoms with Crippen molar-refractivity contribution in [1.82, 2.24) is 9.97 Å². The number of nitrogens with one attached hydrogen (secondary N) is 1. The van der Waals surface area contributed by atoms with Gasteiger partial charge in [0.15, 0.2) is 5.82 Å². The quantitative estimate of drug-likeness (QED) is 0.662. The first-order valence-electron chi connectivity index (χ1n) is 12.7. The van der Waals surface area contributed by atoms with Gasteiger partial charge >= 0.3 is 0 Å². The molecule has 1 aromatic heterocycles. The van der Waals surface area contributed by atoms with Crippen LogP contribution in [-0.2, 0) is 4.79 Å². The molecule has 0 bridgehead atoms. The Morgan fingerprint density at radius 3 is 2.63 bits per heavy atom. The number of fused-ring (bicyclic) bond motifs is 1. The lowest BCUT2D eigenvalue weighted by molar-refractivity contribution is -0.118. The molecule has 2 N–H and O–H groups in total. The molecule has 9 heteroatoms. The molecule has 1 aromatic carbocycles. The average Bonchev–Trinajstić information content (AvgIpc) is 2.84. The van der Waals surface area contributed by atoms with Crippen LogP contribution < -0.4 is 24.8 Å². The van der Waals surface area contributed by atoms with E-state index >= 15 is 0 Å². The average molecular weight is 483 g/mol. The summed E-state index contributed by atoms with van der Waals surface area (Å²) in [5.41, 5.74) is 2.57. The van der Waals surface area contributed by atoms with Crippen LogP contribution in [0.2, 0.25) is 0 Å². The van der Waals surface area contributed by atoms with Gasteiger partial charge in [0.25, 0.3) is 0 Å². The second-order valence-corrected chi connectivity index (χ2v) is 9.78. The van der Waals surface area contributed by atoms with E-state index in [-0.39, 0.29) is 18.1 Å². The third-order valence-electron chi connectivity index (χ3n) is 6.64. The highest BCUT2D eigenvalue weighted by molar-refractivity contribution is 5.95. The summed E-state index contributed by atoms with van der Waals surface area (Å²) in [7, 11) is 3.80. The van der Waals surface area contributed by atoms with Crippen LogP contribution in [-0.4, -0.2) is 66.9 Å². The van der Waals surface area contributed by atoms with Crippen LogP contribution in [0.25, 0.3) is 0 Å². The minimum Gasteiger partial charge on any atom is -0.489 e. The summed E-state index contributed by atoms with van der Waals surface area (Å²) >= 11 is 0. The maximum absolute atomic E-state index is 12.6. The van der Waals surface area contributed by atoms with E-state index < -0.39 is 0 Å². The smallest absolute Gasteiger partial charge is 0.229 e. The zero-order valence-electron chi connectivity index (χ0n) is 21.3. The van der Waals surface area contributed by atoms with Crippen molar-refractivity contribution in [2.75, 3.05) is 53.7 Å². The van der Waals surface area contributed by atoms with Crippen LogP contribution in [0.5, 0.6) is 5.75 Å². The number of nitrogens with zero attached hydrogens (tertiary/aromatic N) is 5. The number of anilines is 5. The molecule has 2 aromatic rings. The van der Waals surface area contributed by atoms with E-state index in [0.717, 1.165) is 74.7 Å². The van der Waals surface area contributed by atoms with Crippen molar-refractivity contribution in [1.29, 1.82) is 0 Å². The number of carbonyl (C=O) groups is 1. The minimum absolute atomic E-state index is 0.00386. The Bertz CT molecular complexity index is 1020. The van der Waals surface area contributed by atoms with Crippen molar-refractivity contribution in [3.63, 3.8) is 0 Å². The summed E-state index contributed by atoms with van der Waals surface area (Å²) in [6.45, 7) is 6.52. The largest absolute Gasteiger partial charge is 0.489 e.